The summed E-state index contributed by atoms with van der Waals surface area (Å²) in [6.45, 7) is 2.19. The van der Waals surface area contributed by atoms with Gasteiger partial charge in [-0.05, 0) is 49.2 Å². The number of nitrogens with zero attached hydrogens (tertiary/aromatic N) is 2. The lowest BCUT2D eigenvalue weighted by atomic mass is 10.1. The zero-order chi connectivity index (χ0) is 17.1. The predicted molar refractivity (Wildman–Crippen MR) is 91.0 cm³/mol. The minimum absolute atomic E-state index is 0.0210. The maximum Gasteiger partial charge on any atom is 0.310 e. The molecule has 1 saturated carbocycles. The Morgan fingerprint density at radius 2 is 1.83 bits per heavy atom. The van der Waals surface area contributed by atoms with Crippen LogP contribution >= 0.6 is 0 Å². The third kappa shape index (κ3) is 3.50. The second kappa shape index (κ2) is 6.91. The Hall–Kier alpha value is -2.56. The number of benzene rings is 1. The van der Waals surface area contributed by atoms with Gasteiger partial charge in [-0.2, -0.15) is 0 Å². The number of carbonyl (C=O) groups is 2. The normalized spacial score (nSPS) is 14.9. The van der Waals surface area contributed by atoms with Gasteiger partial charge in [0.2, 0.25) is 0 Å². The van der Waals surface area contributed by atoms with E-state index in [-0.39, 0.29) is 23.8 Å². The Bertz CT molecular complexity index is 703. The molecule has 1 aliphatic rings. The SMILES string of the molecule is COC(=O)C(C)CN(C(=O)c1ccc(-n2cccc2)cc1)C1CC1. The standard InChI is InChI=1S/C19H22N2O3/c1-14(19(23)24-2)13-21(17-9-10-17)18(22)15-5-7-16(8-6-15)20-11-3-4-12-20/h3-8,11-12,14,17H,9-10,13H2,1-2H3. The van der Waals surface area contributed by atoms with Crippen LogP contribution < -0.4 is 0 Å². The molecular formula is C19H22N2O3. The van der Waals surface area contributed by atoms with Crippen LogP contribution in [-0.2, 0) is 9.53 Å². The van der Waals surface area contributed by atoms with Crippen molar-refractivity contribution in [3.05, 3.63) is 54.4 Å². The van der Waals surface area contributed by atoms with E-state index in [1.165, 1.54) is 7.11 Å². The molecule has 0 radical (unpaired) electrons. The molecule has 2 aromatic rings. The van der Waals surface area contributed by atoms with Crippen LogP contribution in [0, 0.1) is 5.92 Å². The van der Waals surface area contributed by atoms with Gasteiger partial charge >= 0.3 is 5.97 Å². The van der Waals surface area contributed by atoms with Crippen molar-refractivity contribution in [2.75, 3.05) is 13.7 Å². The topological polar surface area (TPSA) is 51.5 Å². The summed E-state index contributed by atoms with van der Waals surface area (Å²) in [5, 5.41) is 0. The summed E-state index contributed by atoms with van der Waals surface area (Å²) in [7, 11) is 1.38. The van der Waals surface area contributed by atoms with E-state index in [1.54, 1.807) is 6.92 Å². The molecule has 0 saturated heterocycles. The molecule has 0 bridgehead atoms. The average Bonchev–Trinajstić information content (AvgIpc) is 3.31. The molecule has 1 atom stereocenters. The molecule has 24 heavy (non-hydrogen) atoms. The van der Waals surface area contributed by atoms with E-state index in [0.29, 0.717) is 12.1 Å². The molecule has 1 amide bonds. The molecule has 1 unspecified atom stereocenters. The molecule has 3 rings (SSSR count). The van der Waals surface area contributed by atoms with Crippen molar-refractivity contribution < 1.29 is 14.3 Å². The van der Waals surface area contributed by atoms with Crippen LogP contribution in [0.3, 0.4) is 0 Å². The van der Waals surface area contributed by atoms with Crippen LogP contribution in [0.15, 0.2) is 48.8 Å². The molecule has 0 N–H and O–H groups in total. The van der Waals surface area contributed by atoms with Crippen LogP contribution in [0.4, 0.5) is 0 Å². The number of amides is 1. The first-order valence-corrected chi connectivity index (χ1v) is 8.22. The zero-order valence-electron chi connectivity index (χ0n) is 14.0. The Kier molecular flexibility index (Phi) is 4.69. The number of carbonyl (C=O) groups excluding carboxylic acids is 2. The lowest BCUT2D eigenvalue weighted by molar-refractivity contribution is -0.145. The van der Waals surface area contributed by atoms with Crippen LogP contribution in [0.5, 0.6) is 0 Å². The van der Waals surface area contributed by atoms with Crippen molar-refractivity contribution >= 4 is 11.9 Å². The molecule has 1 heterocycles. The fourth-order valence-electron chi connectivity index (χ4n) is 2.80. The number of ether oxygens (including phenoxy) is 1. The first kappa shape index (κ1) is 16.3. The van der Waals surface area contributed by atoms with Gasteiger partial charge in [-0.1, -0.05) is 6.92 Å². The minimum atomic E-state index is -0.321. The van der Waals surface area contributed by atoms with Gasteiger partial charge in [0.05, 0.1) is 13.0 Å². The van der Waals surface area contributed by atoms with E-state index in [2.05, 4.69) is 0 Å². The van der Waals surface area contributed by atoms with Gasteiger partial charge in [0.1, 0.15) is 0 Å². The molecule has 1 fully saturated rings. The van der Waals surface area contributed by atoms with E-state index >= 15 is 0 Å². The second-order valence-electron chi connectivity index (χ2n) is 6.25. The van der Waals surface area contributed by atoms with Crippen molar-refractivity contribution in [1.29, 1.82) is 0 Å². The Morgan fingerprint density at radius 1 is 1.21 bits per heavy atom. The highest BCUT2D eigenvalue weighted by molar-refractivity contribution is 5.95. The second-order valence-corrected chi connectivity index (χ2v) is 6.25. The Balaban J connectivity index is 1.74. The van der Waals surface area contributed by atoms with Gasteiger partial charge in [0.15, 0.2) is 0 Å². The molecule has 1 aromatic heterocycles. The summed E-state index contributed by atoms with van der Waals surface area (Å²) >= 11 is 0. The number of hydrogen-bond donors (Lipinski definition) is 0. The average molecular weight is 326 g/mol. The summed E-state index contributed by atoms with van der Waals surface area (Å²) in [6.07, 6.45) is 5.93. The number of methoxy groups -OCH3 is 1. The Labute approximate surface area is 141 Å². The molecular weight excluding hydrogens is 304 g/mol. The highest BCUT2D eigenvalue weighted by Crippen LogP contribution is 2.29. The van der Waals surface area contributed by atoms with Crippen LogP contribution in [0.25, 0.3) is 5.69 Å². The molecule has 126 valence electrons. The van der Waals surface area contributed by atoms with Gasteiger partial charge in [-0.3, -0.25) is 9.59 Å². The third-order valence-electron chi connectivity index (χ3n) is 4.34. The number of esters is 1. The van der Waals surface area contributed by atoms with E-state index in [1.807, 2.05) is 58.3 Å². The van der Waals surface area contributed by atoms with Gasteiger partial charge in [-0.15, -0.1) is 0 Å². The zero-order valence-corrected chi connectivity index (χ0v) is 14.0. The van der Waals surface area contributed by atoms with Crippen molar-refractivity contribution in [1.82, 2.24) is 9.47 Å². The molecule has 1 aliphatic carbocycles. The number of rotatable bonds is 6. The fraction of sp³-hybridized carbons (Fsp3) is 0.368. The summed E-state index contributed by atoms with van der Waals surface area (Å²) < 4.78 is 6.77. The summed E-state index contributed by atoms with van der Waals surface area (Å²) in [6, 6.07) is 11.7. The van der Waals surface area contributed by atoms with E-state index < -0.39 is 0 Å². The van der Waals surface area contributed by atoms with Crippen LogP contribution in [-0.4, -0.2) is 41.0 Å². The van der Waals surface area contributed by atoms with Crippen LogP contribution in [0.2, 0.25) is 0 Å². The van der Waals surface area contributed by atoms with Crippen molar-refractivity contribution in [3.63, 3.8) is 0 Å². The smallest absolute Gasteiger partial charge is 0.310 e. The van der Waals surface area contributed by atoms with Crippen molar-refractivity contribution in [2.45, 2.75) is 25.8 Å². The summed E-state index contributed by atoms with van der Waals surface area (Å²) in [5.74, 6) is -0.623. The molecule has 5 heteroatoms. The highest BCUT2D eigenvalue weighted by Gasteiger charge is 2.35. The molecule has 0 spiro atoms. The predicted octanol–water partition coefficient (Wildman–Crippen LogP) is 2.89. The largest absolute Gasteiger partial charge is 0.469 e. The van der Waals surface area contributed by atoms with Gasteiger partial charge in [-0.25, -0.2) is 0 Å². The van der Waals surface area contributed by atoms with E-state index in [0.717, 1.165) is 18.5 Å². The van der Waals surface area contributed by atoms with Gasteiger partial charge < -0.3 is 14.2 Å². The number of aromatic nitrogens is 1. The van der Waals surface area contributed by atoms with E-state index in [4.69, 9.17) is 4.74 Å². The minimum Gasteiger partial charge on any atom is -0.469 e. The molecule has 0 aliphatic heterocycles. The van der Waals surface area contributed by atoms with Crippen molar-refractivity contribution in [2.24, 2.45) is 5.92 Å². The Morgan fingerprint density at radius 3 is 2.38 bits per heavy atom. The maximum atomic E-state index is 12.8. The summed E-state index contributed by atoms with van der Waals surface area (Å²) in [5.41, 5.74) is 1.66. The summed E-state index contributed by atoms with van der Waals surface area (Å²) in [4.78, 5) is 26.3. The maximum absolute atomic E-state index is 12.8. The lowest BCUT2D eigenvalue weighted by Gasteiger charge is -2.25. The van der Waals surface area contributed by atoms with Gasteiger partial charge in [0.25, 0.3) is 5.91 Å². The third-order valence-corrected chi connectivity index (χ3v) is 4.34. The van der Waals surface area contributed by atoms with Crippen LogP contribution in [0.1, 0.15) is 30.1 Å². The quantitative estimate of drug-likeness (QED) is 0.767. The lowest BCUT2D eigenvalue weighted by Crippen LogP contribution is -2.38. The van der Waals surface area contributed by atoms with E-state index in [9.17, 15) is 9.59 Å². The first-order valence-electron chi connectivity index (χ1n) is 8.22. The fourth-order valence-corrected chi connectivity index (χ4v) is 2.80. The van der Waals surface area contributed by atoms with Gasteiger partial charge in [0, 0.05) is 36.2 Å². The van der Waals surface area contributed by atoms with Crippen molar-refractivity contribution in [3.8, 4) is 5.69 Å². The molecule has 5 nitrogen and oxygen atoms in total. The first-order chi connectivity index (χ1) is 11.6. The number of hydrogen-bond acceptors (Lipinski definition) is 3. The monoisotopic (exact) mass is 326 g/mol. The molecule has 1 aromatic carbocycles. The highest BCUT2D eigenvalue weighted by atomic mass is 16.5.